The van der Waals surface area contributed by atoms with E-state index in [-0.39, 0.29) is 17.5 Å². The lowest BCUT2D eigenvalue weighted by atomic mass is 9.85. The van der Waals surface area contributed by atoms with Crippen molar-refractivity contribution in [2.45, 2.75) is 43.4 Å². The number of rotatable bonds is 5. The molecule has 3 unspecified atom stereocenters. The summed E-state index contributed by atoms with van der Waals surface area (Å²) in [5.41, 5.74) is 2.70. The van der Waals surface area contributed by atoms with Gasteiger partial charge in [0.2, 0.25) is 5.88 Å². The van der Waals surface area contributed by atoms with E-state index in [0.29, 0.717) is 32.0 Å². The number of hydrogen-bond acceptors (Lipinski definition) is 6. The van der Waals surface area contributed by atoms with Crippen molar-refractivity contribution < 1.29 is 13.9 Å². The Hall–Kier alpha value is -2.48. The second-order valence-electron chi connectivity index (χ2n) is 9.61. The SMILES string of the molecule is COc1nc(OCC23CCCN2CC(F)C3)nc2c1C(c1cccc3cccc(Cl)c13)CNC2. The first-order chi connectivity index (χ1) is 16.6. The summed E-state index contributed by atoms with van der Waals surface area (Å²) >= 11 is 6.63. The Morgan fingerprint density at radius 3 is 2.94 bits per heavy atom. The summed E-state index contributed by atoms with van der Waals surface area (Å²) in [5, 5.41) is 6.35. The normalized spacial score (nSPS) is 26.4. The summed E-state index contributed by atoms with van der Waals surface area (Å²) in [6.07, 6.45) is 1.74. The van der Waals surface area contributed by atoms with Crippen molar-refractivity contribution >= 4 is 22.4 Å². The molecule has 3 aromatic rings. The van der Waals surface area contributed by atoms with Crippen LogP contribution in [0.1, 0.15) is 42.0 Å². The fraction of sp³-hybridized carbons (Fsp3) is 0.462. The molecule has 0 saturated carbocycles. The summed E-state index contributed by atoms with van der Waals surface area (Å²) in [6.45, 7) is 3.15. The smallest absolute Gasteiger partial charge is 0.320 e. The molecular formula is C26H28ClFN4O2. The van der Waals surface area contributed by atoms with Crippen molar-refractivity contribution in [1.82, 2.24) is 20.2 Å². The largest absolute Gasteiger partial charge is 0.481 e. The Morgan fingerprint density at radius 1 is 1.24 bits per heavy atom. The van der Waals surface area contributed by atoms with Crippen LogP contribution in [-0.2, 0) is 6.54 Å². The van der Waals surface area contributed by atoms with E-state index in [1.807, 2.05) is 12.1 Å². The van der Waals surface area contributed by atoms with Crippen LogP contribution in [-0.4, -0.2) is 59.9 Å². The summed E-state index contributed by atoms with van der Waals surface area (Å²) in [5.74, 6) is 0.508. The number of fused-ring (bicyclic) bond motifs is 3. The van der Waals surface area contributed by atoms with E-state index in [4.69, 9.17) is 26.1 Å². The average molecular weight is 483 g/mol. The Labute approximate surface area is 203 Å². The molecule has 6 rings (SSSR count). The first-order valence-electron chi connectivity index (χ1n) is 11.9. The third-order valence-electron chi connectivity index (χ3n) is 7.64. The van der Waals surface area contributed by atoms with Gasteiger partial charge >= 0.3 is 6.01 Å². The Balaban J connectivity index is 1.35. The second-order valence-corrected chi connectivity index (χ2v) is 10.0. The van der Waals surface area contributed by atoms with Crippen molar-refractivity contribution in [2.24, 2.45) is 0 Å². The number of methoxy groups -OCH3 is 1. The first kappa shape index (κ1) is 22.0. The van der Waals surface area contributed by atoms with Crippen LogP contribution in [0.15, 0.2) is 36.4 Å². The number of benzene rings is 2. The summed E-state index contributed by atoms with van der Waals surface area (Å²) in [6, 6.07) is 12.5. The van der Waals surface area contributed by atoms with Crippen LogP contribution >= 0.6 is 11.6 Å². The highest BCUT2D eigenvalue weighted by atomic mass is 35.5. The number of nitrogens with zero attached hydrogens (tertiary/aromatic N) is 3. The van der Waals surface area contributed by atoms with Crippen molar-refractivity contribution in [3.8, 4) is 11.9 Å². The Bertz CT molecular complexity index is 1220. The maximum absolute atomic E-state index is 14.1. The molecule has 2 aromatic carbocycles. The van der Waals surface area contributed by atoms with Gasteiger partial charge in [0.25, 0.3) is 0 Å². The fourth-order valence-electron chi connectivity index (χ4n) is 6.14. The van der Waals surface area contributed by atoms with Crippen molar-refractivity contribution in [1.29, 1.82) is 0 Å². The molecule has 2 fully saturated rings. The number of hydrogen-bond donors (Lipinski definition) is 1. The molecule has 3 atom stereocenters. The van der Waals surface area contributed by atoms with Gasteiger partial charge < -0.3 is 14.8 Å². The molecule has 4 heterocycles. The molecule has 3 aliphatic rings. The molecule has 0 aliphatic carbocycles. The molecule has 3 aliphatic heterocycles. The Kier molecular flexibility index (Phi) is 5.59. The van der Waals surface area contributed by atoms with E-state index in [1.165, 1.54) is 0 Å². The lowest BCUT2D eigenvalue weighted by molar-refractivity contribution is 0.106. The summed E-state index contributed by atoms with van der Waals surface area (Å²) < 4.78 is 26.0. The van der Waals surface area contributed by atoms with Gasteiger partial charge in [-0.15, -0.1) is 0 Å². The van der Waals surface area contributed by atoms with E-state index in [0.717, 1.165) is 58.5 Å². The predicted molar refractivity (Wildman–Crippen MR) is 130 cm³/mol. The van der Waals surface area contributed by atoms with Gasteiger partial charge in [-0.25, -0.2) is 4.39 Å². The number of aromatic nitrogens is 2. The van der Waals surface area contributed by atoms with Crippen LogP contribution in [0.4, 0.5) is 4.39 Å². The molecule has 2 saturated heterocycles. The fourth-order valence-corrected chi connectivity index (χ4v) is 6.43. The molecular weight excluding hydrogens is 455 g/mol. The quantitative estimate of drug-likeness (QED) is 0.578. The number of nitrogens with one attached hydrogen (secondary N) is 1. The van der Waals surface area contributed by atoms with Crippen LogP contribution in [0.2, 0.25) is 5.02 Å². The minimum atomic E-state index is -0.791. The van der Waals surface area contributed by atoms with Crippen LogP contribution in [0.3, 0.4) is 0 Å². The lowest BCUT2D eigenvalue weighted by Gasteiger charge is -2.31. The minimum absolute atomic E-state index is 0.0117. The molecule has 1 aromatic heterocycles. The maximum atomic E-state index is 14.1. The monoisotopic (exact) mass is 482 g/mol. The van der Waals surface area contributed by atoms with E-state index < -0.39 is 6.17 Å². The van der Waals surface area contributed by atoms with Crippen LogP contribution in [0, 0.1) is 0 Å². The van der Waals surface area contributed by atoms with Gasteiger partial charge in [0, 0.05) is 47.9 Å². The maximum Gasteiger partial charge on any atom is 0.320 e. The summed E-state index contributed by atoms with van der Waals surface area (Å²) in [4.78, 5) is 11.6. The molecule has 34 heavy (non-hydrogen) atoms. The molecule has 0 radical (unpaired) electrons. The summed E-state index contributed by atoms with van der Waals surface area (Å²) in [7, 11) is 1.63. The molecule has 1 N–H and O–H groups in total. The number of alkyl halides is 1. The van der Waals surface area contributed by atoms with E-state index >= 15 is 0 Å². The van der Waals surface area contributed by atoms with Gasteiger partial charge in [-0.05, 0) is 36.4 Å². The number of ether oxygens (including phenoxy) is 2. The van der Waals surface area contributed by atoms with Crippen LogP contribution in [0.5, 0.6) is 11.9 Å². The third-order valence-corrected chi connectivity index (χ3v) is 7.96. The zero-order valence-electron chi connectivity index (χ0n) is 19.2. The second kappa shape index (κ2) is 8.63. The van der Waals surface area contributed by atoms with Crippen molar-refractivity contribution in [3.63, 3.8) is 0 Å². The lowest BCUT2D eigenvalue weighted by Crippen LogP contribution is -2.43. The minimum Gasteiger partial charge on any atom is -0.481 e. The highest BCUT2D eigenvalue weighted by Gasteiger charge is 2.49. The number of halogens is 2. The highest BCUT2D eigenvalue weighted by molar-refractivity contribution is 6.35. The van der Waals surface area contributed by atoms with E-state index in [1.54, 1.807) is 7.11 Å². The molecule has 6 nitrogen and oxygen atoms in total. The van der Waals surface area contributed by atoms with Crippen molar-refractivity contribution in [2.75, 3.05) is 33.4 Å². The zero-order chi connectivity index (χ0) is 23.3. The van der Waals surface area contributed by atoms with Gasteiger partial charge in [0.05, 0.1) is 18.3 Å². The van der Waals surface area contributed by atoms with E-state index in [2.05, 4.69) is 39.5 Å². The molecule has 0 amide bonds. The predicted octanol–water partition coefficient (Wildman–Crippen LogP) is 4.48. The van der Waals surface area contributed by atoms with Crippen LogP contribution < -0.4 is 14.8 Å². The van der Waals surface area contributed by atoms with Gasteiger partial charge in [0.1, 0.15) is 12.8 Å². The zero-order valence-corrected chi connectivity index (χ0v) is 19.9. The topological polar surface area (TPSA) is 59.5 Å². The standard InChI is InChI=1S/C26H28ClFN4O2/c1-33-24-23-19(18-7-2-5-16-6-3-8-20(27)22(16)18)12-29-13-21(23)30-25(31-24)34-15-26-9-4-10-32(26)14-17(28)11-26/h2-3,5-8,17,19,29H,4,9-15H2,1H3. The molecule has 178 valence electrons. The van der Waals surface area contributed by atoms with Gasteiger partial charge in [0.15, 0.2) is 0 Å². The average Bonchev–Trinajstić information content (AvgIpc) is 3.37. The van der Waals surface area contributed by atoms with Crippen molar-refractivity contribution in [3.05, 3.63) is 58.2 Å². The highest BCUT2D eigenvalue weighted by Crippen LogP contribution is 2.42. The van der Waals surface area contributed by atoms with E-state index in [9.17, 15) is 4.39 Å². The molecule has 8 heteroatoms. The third kappa shape index (κ3) is 3.61. The van der Waals surface area contributed by atoms with Gasteiger partial charge in [-0.2, -0.15) is 9.97 Å². The van der Waals surface area contributed by atoms with Gasteiger partial charge in [-0.3, -0.25) is 4.90 Å². The Morgan fingerprint density at radius 2 is 2.09 bits per heavy atom. The van der Waals surface area contributed by atoms with Gasteiger partial charge in [-0.1, -0.05) is 41.9 Å². The van der Waals surface area contributed by atoms with Crippen LogP contribution in [0.25, 0.3) is 10.8 Å². The first-order valence-corrected chi connectivity index (χ1v) is 12.3. The molecule has 0 spiro atoms. The molecule has 0 bridgehead atoms.